The van der Waals surface area contributed by atoms with Crippen molar-refractivity contribution >= 4 is 22.8 Å². The highest BCUT2D eigenvalue weighted by atomic mass is 35.5. The van der Waals surface area contributed by atoms with E-state index in [9.17, 15) is 15.3 Å². The molecule has 4 N–H and O–H groups in total. The zero-order chi connectivity index (χ0) is 20.4. The maximum Gasteiger partial charge on any atom is 0.296 e. The van der Waals surface area contributed by atoms with Crippen LogP contribution in [0, 0.1) is 11.8 Å². The molecule has 1 aromatic carbocycles. The van der Waals surface area contributed by atoms with Crippen LogP contribution in [0.25, 0.3) is 22.4 Å². The molecule has 29 heavy (non-hydrogen) atoms. The summed E-state index contributed by atoms with van der Waals surface area (Å²) < 4.78 is 5.84. The number of benzene rings is 1. The van der Waals surface area contributed by atoms with Crippen LogP contribution in [0.2, 0.25) is 5.02 Å². The second kappa shape index (κ2) is 8.67. The van der Waals surface area contributed by atoms with E-state index in [1.54, 1.807) is 6.07 Å². The molecule has 0 saturated heterocycles. The van der Waals surface area contributed by atoms with Crippen molar-refractivity contribution in [2.75, 3.05) is 6.61 Å². The van der Waals surface area contributed by atoms with Crippen LogP contribution in [0.1, 0.15) is 31.2 Å². The minimum absolute atomic E-state index is 0.0380. The van der Waals surface area contributed by atoms with Crippen molar-refractivity contribution in [1.29, 1.82) is 0 Å². The fourth-order valence-electron chi connectivity index (χ4n) is 3.89. The van der Waals surface area contributed by atoms with Gasteiger partial charge in [-0.2, -0.15) is 4.98 Å². The van der Waals surface area contributed by atoms with Gasteiger partial charge in [0.15, 0.2) is 11.9 Å². The number of fused-ring (bicyclic) bond motifs is 1. The summed E-state index contributed by atoms with van der Waals surface area (Å²) in [5.41, 5.74) is 3.27. The van der Waals surface area contributed by atoms with E-state index in [4.69, 9.17) is 16.3 Å². The molecule has 8 heteroatoms. The van der Waals surface area contributed by atoms with E-state index in [-0.39, 0.29) is 12.5 Å². The minimum Gasteiger partial charge on any atom is -0.464 e. The number of halogens is 1. The Balaban J connectivity index is 1.49. The molecule has 1 aliphatic carbocycles. The summed E-state index contributed by atoms with van der Waals surface area (Å²) in [5.74, 6) is 0.325. The summed E-state index contributed by atoms with van der Waals surface area (Å²) in [6.07, 6.45) is 2.14. The average molecular weight is 418 g/mol. The summed E-state index contributed by atoms with van der Waals surface area (Å²) in [6.45, 7) is 0.415. The molecule has 3 aromatic rings. The predicted octanol–water partition coefficient (Wildman–Crippen LogP) is 3.27. The molecule has 2 heterocycles. The molecule has 0 aliphatic heterocycles. The summed E-state index contributed by atoms with van der Waals surface area (Å²) in [5, 5.41) is 28.6. The van der Waals surface area contributed by atoms with E-state index in [0.29, 0.717) is 40.4 Å². The zero-order valence-electron chi connectivity index (χ0n) is 15.9. The van der Waals surface area contributed by atoms with E-state index < -0.39 is 6.29 Å². The van der Waals surface area contributed by atoms with Crippen LogP contribution >= 0.6 is 11.6 Å². The second-order valence-electron chi connectivity index (χ2n) is 7.55. The van der Waals surface area contributed by atoms with Crippen LogP contribution < -0.4 is 4.74 Å². The smallest absolute Gasteiger partial charge is 0.296 e. The monoisotopic (exact) mass is 417 g/mol. The summed E-state index contributed by atoms with van der Waals surface area (Å²) >= 11 is 6.44. The lowest BCUT2D eigenvalue weighted by molar-refractivity contribution is -0.0968. The minimum atomic E-state index is -1.23. The third-order valence-corrected chi connectivity index (χ3v) is 5.90. The van der Waals surface area contributed by atoms with Gasteiger partial charge in [0, 0.05) is 11.5 Å². The van der Waals surface area contributed by atoms with Gasteiger partial charge < -0.3 is 25.0 Å². The van der Waals surface area contributed by atoms with Gasteiger partial charge in [0.2, 0.25) is 0 Å². The molecule has 0 atom stereocenters. The Labute approximate surface area is 173 Å². The van der Waals surface area contributed by atoms with Crippen LogP contribution in [0.5, 0.6) is 6.01 Å². The molecule has 0 radical (unpaired) electrons. The lowest BCUT2D eigenvalue weighted by atomic mass is 9.82. The topological polar surface area (TPSA) is 111 Å². The van der Waals surface area contributed by atoms with Gasteiger partial charge in [0.25, 0.3) is 6.01 Å². The first-order valence-electron chi connectivity index (χ1n) is 9.79. The van der Waals surface area contributed by atoms with Gasteiger partial charge in [0.05, 0.1) is 29.4 Å². The van der Waals surface area contributed by atoms with Crippen LogP contribution in [0.3, 0.4) is 0 Å². The molecule has 4 rings (SSSR count). The van der Waals surface area contributed by atoms with E-state index in [1.807, 2.05) is 24.3 Å². The first-order valence-corrected chi connectivity index (χ1v) is 10.2. The van der Waals surface area contributed by atoms with Gasteiger partial charge in [-0.05, 0) is 43.2 Å². The maximum absolute atomic E-state index is 9.59. The highest BCUT2D eigenvalue weighted by molar-refractivity contribution is 6.33. The lowest BCUT2D eigenvalue weighted by Crippen LogP contribution is -2.27. The third-order valence-electron chi connectivity index (χ3n) is 5.62. The van der Waals surface area contributed by atoms with Gasteiger partial charge in [-0.15, -0.1) is 0 Å². The van der Waals surface area contributed by atoms with Gasteiger partial charge in [-0.1, -0.05) is 35.9 Å². The first kappa shape index (κ1) is 20.1. The number of aromatic amines is 1. The number of H-pyrrole nitrogens is 1. The van der Waals surface area contributed by atoms with Crippen LogP contribution in [0.4, 0.5) is 0 Å². The van der Waals surface area contributed by atoms with Crippen molar-refractivity contribution < 1.29 is 20.1 Å². The van der Waals surface area contributed by atoms with Crippen LogP contribution in [-0.4, -0.2) is 43.2 Å². The Morgan fingerprint density at radius 3 is 2.62 bits per heavy atom. The van der Waals surface area contributed by atoms with Gasteiger partial charge in [-0.3, -0.25) is 0 Å². The number of aromatic nitrogens is 3. The molecule has 154 valence electrons. The van der Waals surface area contributed by atoms with Gasteiger partial charge in [-0.25, -0.2) is 4.98 Å². The maximum atomic E-state index is 9.59. The van der Waals surface area contributed by atoms with E-state index >= 15 is 0 Å². The number of ether oxygens (including phenoxy) is 1. The zero-order valence-corrected chi connectivity index (χ0v) is 16.6. The van der Waals surface area contributed by atoms with E-state index in [0.717, 1.165) is 36.8 Å². The standard InChI is InChI=1S/C21H24ClN3O4/c22-16-9-17-19(24-18(16)15-4-2-1-3-14(15)10-26)25-21(23-17)29-11-12-5-7-13(8-6-12)20(27)28/h1-4,9,12-13,20,26-28H,5-8,10-11H2,(H,23,24,25). The normalized spacial score (nSPS) is 19.8. The Bertz CT molecular complexity index is 983. The van der Waals surface area contributed by atoms with Crippen molar-refractivity contribution in [2.24, 2.45) is 11.8 Å². The van der Waals surface area contributed by atoms with Crippen LogP contribution in [-0.2, 0) is 6.61 Å². The number of nitrogens with one attached hydrogen (secondary N) is 1. The van der Waals surface area contributed by atoms with E-state index in [1.165, 1.54) is 0 Å². The lowest BCUT2D eigenvalue weighted by Gasteiger charge is -2.28. The van der Waals surface area contributed by atoms with Crippen molar-refractivity contribution in [2.45, 2.75) is 38.6 Å². The molecule has 1 fully saturated rings. The van der Waals surface area contributed by atoms with Crippen molar-refractivity contribution in [1.82, 2.24) is 15.0 Å². The Kier molecular flexibility index (Phi) is 6.01. The molecule has 0 bridgehead atoms. The highest BCUT2D eigenvalue weighted by Gasteiger charge is 2.26. The second-order valence-corrected chi connectivity index (χ2v) is 7.96. The molecule has 0 spiro atoms. The van der Waals surface area contributed by atoms with Gasteiger partial charge in [0.1, 0.15) is 0 Å². The Hall–Kier alpha value is -2.19. The highest BCUT2D eigenvalue weighted by Crippen LogP contribution is 2.33. The third kappa shape index (κ3) is 4.38. The molecule has 1 aliphatic rings. The summed E-state index contributed by atoms with van der Waals surface area (Å²) in [6, 6.07) is 9.59. The molecule has 0 unspecified atom stereocenters. The largest absolute Gasteiger partial charge is 0.464 e. The number of rotatable bonds is 6. The Morgan fingerprint density at radius 2 is 1.90 bits per heavy atom. The first-order chi connectivity index (χ1) is 14.0. The summed E-state index contributed by atoms with van der Waals surface area (Å²) in [7, 11) is 0. The molecule has 0 amide bonds. The van der Waals surface area contributed by atoms with Crippen molar-refractivity contribution in [3.05, 3.63) is 40.9 Å². The van der Waals surface area contributed by atoms with E-state index in [2.05, 4.69) is 15.0 Å². The molecule has 7 nitrogen and oxygen atoms in total. The number of nitrogens with zero attached hydrogens (tertiary/aromatic N) is 2. The van der Waals surface area contributed by atoms with Crippen molar-refractivity contribution in [3.63, 3.8) is 0 Å². The number of aliphatic hydroxyl groups excluding tert-OH is 2. The fraction of sp³-hybridized carbons (Fsp3) is 0.429. The quantitative estimate of drug-likeness (QED) is 0.458. The number of pyridine rings is 1. The fourth-order valence-corrected chi connectivity index (χ4v) is 4.15. The van der Waals surface area contributed by atoms with Gasteiger partial charge >= 0.3 is 0 Å². The number of hydrogen-bond acceptors (Lipinski definition) is 6. The predicted molar refractivity (Wildman–Crippen MR) is 109 cm³/mol. The SMILES string of the molecule is OCc1ccccc1-c1nc2nc(OCC3CCC(C(O)O)CC3)[nH]c2cc1Cl. The number of imidazole rings is 1. The Morgan fingerprint density at radius 1 is 1.14 bits per heavy atom. The molecular formula is C21H24ClN3O4. The van der Waals surface area contributed by atoms with Crippen LogP contribution in [0.15, 0.2) is 30.3 Å². The molecule has 2 aromatic heterocycles. The molecule has 1 saturated carbocycles. The average Bonchev–Trinajstić information content (AvgIpc) is 3.13. The number of hydrogen-bond donors (Lipinski definition) is 4. The number of aliphatic hydroxyl groups is 3. The molecular weight excluding hydrogens is 394 g/mol. The van der Waals surface area contributed by atoms with Crippen molar-refractivity contribution in [3.8, 4) is 17.3 Å². The summed E-state index contributed by atoms with van der Waals surface area (Å²) in [4.78, 5) is 12.1.